The van der Waals surface area contributed by atoms with E-state index in [1.807, 2.05) is 30.3 Å². The van der Waals surface area contributed by atoms with Crippen molar-refractivity contribution in [3.8, 4) is 0 Å². The lowest BCUT2D eigenvalue weighted by atomic mass is 9.45. The Labute approximate surface area is 241 Å². The van der Waals surface area contributed by atoms with E-state index in [9.17, 15) is 19.5 Å². The van der Waals surface area contributed by atoms with Crippen molar-refractivity contribution in [2.45, 2.75) is 78.2 Å². The highest BCUT2D eigenvalue weighted by molar-refractivity contribution is 5.87. The zero-order chi connectivity index (χ0) is 29.9. The van der Waals surface area contributed by atoms with Crippen molar-refractivity contribution >= 4 is 24.0 Å². The molecular weight excluding hydrogens is 524 g/mol. The molecular formula is C33H40O8. The van der Waals surface area contributed by atoms with E-state index in [4.69, 9.17) is 18.9 Å². The molecule has 220 valence electrons. The largest absolute Gasteiger partial charge is 0.455 e. The third kappa shape index (κ3) is 5.95. The van der Waals surface area contributed by atoms with Crippen LogP contribution in [0.5, 0.6) is 0 Å². The van der Waals surface area contributed by atoms with Gasteiger partial charge >= 0.3 is 17.9 Å². The van der Waals surface area contributed by atoms with Crippen LogP contribution in [0.3, 0.4) is 0 Å². The van der Waals surface area contributed by atoms with Crippen molar-refractivity contribution in [1.29, 1.82) is 0 Å². The van der Waals surface area contributed by atoms with Crippen molar-refractivity contribution in [2.24, 2.45) is 22.7 Å². The molecule has 1 aromatic rings. The van der Waals surface area contributed by atoms with Crippen molar-refractivity contribution in [3.63, 3.8) is 0 Å². The summed E-state index contributed by atoms with van der Waals surface area (Å²) in [6.45, 7) is 14.7. The minimum absolute atomic E-state index is 0.0465. The molecule has 1 aromatic carbocycles. The number of carbonyl (C=O) groups excluding carboxylic acids is 3. The third-order valence-corrected chi connectivity index (χ3v) is 9.15. The highest BCUT2D eigenvalue weighted by Gasteiger charge is 2.71. The summed E-state index contributed by atoms with van der Waals surface area (Å²) in [5.74, 6) is -2.04. The molecule has 8 nitrogen and oxygen atoms in total. The minimum atomic E-state index is -1.21. The summed E-state index contributed by atoms with van der Waals surface area (Å²) in [4.78, 5) is 37.3. The van der Waals surface area contributed by atoms with Crippen LogP contribution in [0.1, 0.15) is 58.9 Å². The topological polar surface area (TPSA) is 108 Å². The van der Waals surface area contributed by atoms with Gasteiger partial charge in [-0.2, -0.15) is 0 Å². The molecule has 1 saturated heterocycles. The first kappa shape index (κ1) is 30.5. The molecule has 8 atom stereocenters. The molecule has 4 rings (SSSR count). The van der Waals surface area contributed by atoms with Crippen molar-refractivity contribution < 1.29 is 38.4 Å². The fourth-order valence-electron chi connectivity index (χ4n) is 6.93. The molecule has 2 aliphatic carbocycles. The second kappa shape index (κ2) is 12.2. The Morgan fingerprint density at radius 1 is 1.10 bits per heavy atom. The van der Waals surface area contributed by atoms with Gasteiger partial charge in [-0.05, 0) is 60.6 Å². The lowest BCUT2D eigenvalue weighted by Crippen LogP contribution is -2.63. The van der Waals surface area contributed by atoms with Crippen molar-refractivity contribution in [3.05, 3.63) is 78.4 Å². The Bertz CT molecular complexity index is 1250. The molecule has 3 aliphatic rings. The number of aliphatic hydroxyl groups is 1. The molecule has 41 heavy (non-hydrogen) atoms. The van der Waals surface area contributed by atoms with Gasteiger partial charge in [-0.15, -0.1) is 0 Å². The monoisotopic (exact) mass is 564 g/mol. The number of esters is 3. The highest BCUT2D eigenvalue weighted by atomic mass is 16.8. The van der Waals surface area contributed by atoms with Crippen molar-refractivity contribution in [1.82, 2.24) is 0 Å². The van der Waals surface area contributed by atoms with Gasteiger partial charge in [0.25, 0.3) is 0 Å². The molecule has 0 aromatic heterocycles. The highest BCUT2D eigenvalue weighted by Crippen LogP contribution is 2.67. The fourth-order valence-corrected chi connectivity index (χ4v) is 6.93. The second-order valence-corrected chi connectivity index (χ2v) is 11.6. The van der Waals surface area contributed by atoms with Gasteiger partial charge in [0.1, 0.15) is 6.10 Å². The quantitative estimate of drug-likeness (QED) is 0.142. The van der Waals surface area contributed by atoms with Crippen LogP contribution >= 0.6 is 0 Å². The predicted molar refractivity (Wildman–Crippen MR) is 153 cm³/mol. The molecule has 1 unspecified atom stereocenters. The first-order chi connectivity index (χ1) is 19.4. The normalized spacial score (nSPS) is 34.1. The summed E-state index contributed by atoms with van der Waals surface area (Å²) in [5, 5.41) is 11.8. The zero-order valence-electron chi connectivity index (χ0n) is 24.2. The van der Waals surface area contributed by atoms with Gasteiger partial charge in [-0.3, -0.25) is 14.3 Å². The number of carbonyl (C=O) groups is 3. The minimum Gasteiger partial charge on any atom is -0.455 e. The maximum absolute atomic E-state index is 13.0. The molecule has 1 aliphatic heterocycles. The molecule has 0 radical (unpaired) electrons. The maximum atomic E-state index is 13.0. The molecule has 1 spiro atoms. The number of rotatable bonds is 9. The van der Waals surface area contributed by atoms with Crippen LogP contribution in [0.15, 0.2) is 72.9 Å². The SMILES string of the molecule is C=CC(=C)CC[C@]1(C)[C@H](C)C[C@@H](O)C23C(=C[C@@H](OC(=O)/C=C/c4ccccc4)C[C@H]21)[C@@H](OC(C)=O)O[C@H]3OC(C)=O. The number of allylic oxidation sites excluding steroid dienone is 2. The summed E-state index contributed by atoms with van der Waals surface area (Å²) in [5.41, 5.74) is 0.561. The lowest BCUT2D eigenvalue weighted by Gasteiger charge is -2.60. The van der Waals surface area contributed by atoms with Crippen LogP contribution in [0.25, 0.3) is 6.08 Å². The first-order valence-corrected chi connectivity index (χ1v) is 14.1. The van der Waals surface area contributed by atoms with E-state index in [2.05, 4.69) is 27.0 Å². The Morgan fingerprint density at radius 3 is 2.41 bits per heavy atom. The van der Waals surface area contributed by atoms with E-state index in [1.54, 1.807) is 18.2 Å². The summed E-state index contributed by atoms with van der Waals surface area (Å²) < 4.78 is 23.3. The number of benzene rings is 1. The summed E-state index contributed by atoms with van der Waals surface area (Å²) in [7, 11) is 0. The van der Waals surface area contributed by atoms with Gasteiger partial charge in [0.15, 0.2) is 0 Å². The van der Waals surface area contributed by atoms with E-state index in [-0.39, 0.29) is 11.8 Å². The van der Waals surface area contributed by atoms with Crippen LogP contribution in [0.2, 0.25) is 0 Å². The van der Waals surface area contributed by atoms with Crippen LogP contribution in [0, 0.1) is 22.7 Å². The zero-order valence-corrected chi connectivity index (χ0v) is 24.2. The Hall–Kier alpha value is -3.49. The fraction of sp³-hybridized carbons (Fsp3) is 0.485. The standard InChI is InChI=1S/C33H40O8/c1-7-20(2)15-16-32(6)21(3)17-28(36)33-26(30(38-22(4)34)41-31(33)39-23(5)35)18-25(19-27(32)33)40-29(37)14-13-24-11-9-8-10-12-24/h7-14,18,21,25,27-28,30-31,36H,1-2,15-17,19H2,3-6H3/b14-13+/t21-,25-,27+,28-,30+,31-,32-,33?/m1/s1. The van der Waals surface area contributed by atoms with Crippen LogP contribution in [0.4, 0.5) is 0 Å². The Balaban J connectivity index is 1.79. The van der Waals surface area contributed by atoms with Gasteiger partial charge < -0.3 is 19.3 Å². The third-order valence-electron chi connectivity index (χ3n) is 9.15. The molecule has 1 heterocycles. The smallest absolute Gasteiger partial charge is 0.331 e. The van der Waals surface area contributed by atoms with E-state index >= 15 is 0 Å². The molecule has 2 fully saturated rings. The summed E-state index contributed by atoms with van der Waals surface area (Å²) in [6.07, 6.45) is 4.53. The van der Waals surface area contributed by atoms with Gasteiger partial charge in [0, 0.05) is 25.5 Å². The number of hydrogen-bond acceptors (Lipinski definition) is 8. The van der Waals surface area contributed by atoms with Gasteiger partial charge in [-0.1, -0.05) is 69.0 Å². The first-order valence-electron chi connectivity index (χ1n) is 14.1. The van der Waals surface area contributed by atoms with E-state index in [1.165, 1.54) is 19.9 Å². The van der Waals surface area contributed by atoms with Gasteiger partial charge in [-0.25, -0.2) is 4.79 Å². The predicted octanol–water partition coefficient (Wildman–Crippen LogP) is 5.28. The van der Waals surface area contributed by atoms with Crippen LogP contribution in [-0.2, 0) is 33.3 Å². The van der Waals surface area contributed by atoms with Crippen molar-refractivity contribution in [2.75, 3.05) is 0 Å². The molecule has 1 saturated carbocycles. The second-order valence-electron chi connectivity index (χ2n) is 11.6. The van der Waals surface area contributed by atoms with Crippen LogP contribution in [-0.4, -0.2) is 47.8 Å². The molecule has 0 bridgehead atoms. The number of ether oxygens (including phenoxy) is 4. The van der Waals surface area contributed by atoms with E-state index in [0.717, 1.165) is 11.1 Å². The number of hydrogen-bond donors (Lipinski definition) is 1. The molecule has 8 heteroatoms. The summed E-state index contributed by atoms with van der Waals surface area (Å²) >= 11 is 0. The van der Waals surface area contributed by atoms with Gasteiger partial charge in [0.2, 0.25) is 12.6 Å². The Morgan fingerprint density at radius 2 is 1.78 bits per heavy atom. The van der Waals surface area contributed by atoms with Gasteiger partial charge in [0.05, 0.1) is 11.5 Å². The summed E-state index contributed by atoms with van der Waals surface area (Å²) in [6, 6.07) is 9.40. The van der Waals surface area contributed by atoms with E-state index < -0.39 is 53.5 Å². The Kier molecular flexibility index (Phi) is 9.04. The maximum Gasteiger partial charge on any atom is 0.331 e. The average Bonchev–Trinajstić information content (AvgIpc) is 3.21. The van der Waals surface area contributed by atoms with Crippen LogP contribution < -0.4 is 0 Å². The lowest BCUT2D eigenvalue weighted by molar-refractivity contribution is -0.254. The van der Waals surface area contributed by atoms with E-state index in [0.29, 0.717) is 31.3 Å². The number of aliphatic hydroxyl groups excluding tert-OH is 1. The average molecular weight is 565 g/mol. The molecule has 0 amide bonds. The molecule has 1 N–H and O–H groups in total.